The van der Waals surface area contributed by atoms with Gasteiger partial charge in [-0.2, -0.15) is 0 Å². The van der Waals surface area contributed by atoms with Crippen LogP contribution in [-0.2, 0) is 13.3 Å². The van der Waals surface area contributed by atoms with Crippen LogP contribution in [0.4, 0.5) is 0 Å². The van der Waals surface area contributed by atoms with Crippen molar-refractivity contribution in [1.29, 1.82) is 0 Å². The SMILES string of the molecule is CC1CN2CC(C)O[Si](CCCN3CCCC3)(O1)OC(C)C2. The van der Waals surface area contributed by atoms with Crippen LogP contribution in [0.2, 0.25) is 6.04 Å². The minimum atomic E-state index is -2.54. The van der Waals surface area contributed by atoms with Crippen molar-refractivity contribution in [3.05, 3.63) is 0 Å². The van der Waals surface area contributed by atoms with E-state index in [1.165, 1.54) is 25.9 Å². The quantitative estimate of drug-likeness (QED) is 0.737. The van der Waals surface area contributed by atoms with Gasteiger partial charge in [-0.15, -0.1) is 0 Å². The lowest BCUT2D eigenvalue weighted by Gasteiger charge is -2.45. The zero-order chi connectivity index (χ0) is 15.6. The molecule has 0 N–H and O–H groups in total. The Kier molecular flexibility index (Phi) is 5.58. The molecule has 3 atom stereocenters. The molecule has 4 heterocycles. The third-order valence-corrected chi connectivity index (χ3v) is 8.09. The first-order valence-electron chi connectivity index (χ1n) is 9.03. The molecule has 4 fully saturated rings. The van der Waals surface area contributed by atoms with E-state index in [1.54, 1.807) is 0 Å². The molecule has 128 valence electrons. The van der Waals surface area contributed by atoms with Gasteiger partial charge in [0.2, 0.25) is 0 Å². The molecule has 0 amide bonds. The van der Waals surface area contributed by atoms with Gasteiger partial charge in [-0.3, -0.25) is 4.90 Å². The van der Waals surface area contributed by atoms with Crippen molar-refractivity contribution in [3.8, 4) is 0 Å². The first-order valence-corrected chi connectivity index (χ1v) is 11.0. The van der Waals surface area contributed by atoms with Crippen LogP contribution in [0.5, 0.6) is 0 Å². The van der Waals surface area contributed by atoms with Crippen molar-refractivity contribution in [2.75, 3.05) is 39.3 Å². The second kappa shape index (κ2) is 7.28. The van der Waals surface area contributed by atoms with Crippen LogP contribution >= 0.6 is 0 Å². The van der Waals surface area contributed by atoms with Gasteiger partial charge in [0.1, 0.15) is 0 Å². The predicted molar refractivity (Wildman–Crippen MR) is 88.9 cm³/mol. The van der Waals surface area contributed by atoms with Crippen LogP contribution < -0.4 is 0 Å². The maximum Gasteiger partial charge on any atom is 0.501 e. The van der Waals surface area contributed by atoms with E-state index in [0.717, 1.165) is 38.6 Å². The van der Waals surface area contributed by atoms with Gasteiger partial charge in [-0.25, -0.2) is 0 Å². The molecule has 5 nitrogen and oxygen atoms in total. The lowest BCUT2D eigenvalue weighted by Crippen LogP contribution is -2.61. The zero-order valence-corrected chi connectivity index (χ0v) is 15.4. The highest BCUT2D eigenvalue weighted by molar-refractivity contribution is 6.60. The number of hydrogen-bond acceptors (Lipinski definition) is 5. The smallest absolute Gasteiger partial charge is 0.369 e. The number of likely N-dealkylation sites (tertiary alicyclic amines) is 1. The van der Waals surface area contributed by atoms with Crippen molar-refractivity contribution >= 4 is 8.80 Å². The third-order valence-electron chi connectivity index (χ3n) is 4.84. The van der Waals surface area contributed by atoms with Gasteiger partial charge < -0.3 is 18.2 Å². The fraction of sp³-hybridized carbons (Fsp3) is 1.00. The normalized spacial score (nSPS) is 43.8. The monoisotopic (exact) mass is 328 g/mol. The molecular weight excluding hydrogens is 296 g/mol. The second-order valence-corrected chi connectivity index (χ2v) is 9.91. The number of fused-ring (bicyclic) bond motifs is 6. The van der Waals surface area contributed by atoms with Crippen molar-refractivity contribution in [3.63, 3.8) is 0 Å². The summed E-state index contributed by atoms with van der Waals surface area (Å²) in [5.74, 6) is 0. The Bertz CT molecular complexity index is 329. The molecule has 0 aromatic heterocycles. The van der Waals surface area contributed by atoms with Crippen LogP contribution in [0.3, 0.4) is 0 Å². The fourth-order valence-corrected chi connectivity index (χ4v) is 7.31. The summed E-state index contributed by atoms with van der Waals surface area (Å²) in [5, 5.41) is 0. The summed E-state index contributed by atoms with van der Waals surface area (Å²) in [4.78, 5) is 4.98. The molecule has 2 bridgehead atoms. The van der Waals surface area contributed by atoms with Gasteiger partial charge in [-0.1, -0.05) is 0 Å². The van der Waals surface area contributed by atoms with E-state index in [4.69, 9.17) is 13.3 Å². The van der Waals surface area contributed by atoms with E-state index < -0.39 is 8.80 Å². The number of rotatable bonds is 4. The van der Waals surface area contributed by atoms with Gasteiger partial charge in [0, 0.05) is 25.7 Å². The van der Waals surface area contributed by atoms with Crippen LogP contribution in [-0.4, -0.2) is 76.2 Å². The second-order valence-electron chi connectivity index (χ2n) is 7.34. The summed E-state index contributed by atoms with van der Waals surface area (Å²) < 4.78 is 19.2. The van der Waals surface area contributed by atoms with Crippen molar-refractivity contribution < 1.29 is 13.3 Å². The average Bonchev–Trinajstić information content (AvgIpc) is 2.87. The highest BCUT2D eigenvalue weighted by Crippen LogP contribution is 2.29. The lowest BCUT2D eigenvalue weighted by molar-refractivity contribution is -0.0792. The minimum Gasteiger partial charge on any atom is -0.369 e. The molecule has 4 saturated heterocycles. The molecule has 3 unspecified atom stereocenters. The molecule has 0 spiro atoms. The zero-order valence-electron chi connectivity index (χ0n) is 14.4. The Hall–Kier alpha value is 0.0169. The first kappa shape index (κ1) is 16.9. The number of nitrogens with zero attached hydrogens (tertiary/aromatic N) is 2. The average molecular weight is 329 g/mol. The maximum absolute atomic E-state index is 6.39. The molecule has 4 aliphatic rings. The van der Waals surface area contributed by atoms with Gasteiger partial charge in [0.15, 0.2) is 0 Å². The molecular formula is C16H32N2O3Si. The van der Waals surface area contributed by atoms with E-state index in [0.29, 0.717) is 0 Å². The first-order chi connectivity index (χ1) is 10.5. The molecule has 0 aromatic carbocycles. The minimum absolute atomic E-state index is 0.207. The molecule has 6 heteroatoms. The highest BCUT2D eigenvalue weighted by atomic mass is 28.4. The molecule has 0 aliphatic carbocycles. The summed E-state index contributed by atoms with van der Waals surface area (Å²) in [6.07, 6.45) is 4.46. The van der Waals surface area contributed by atoms with Crippen LogP contribution in [0.25, 0.3) is 0 Å². The van der Waals surface area contributed by atoms with E-state index in [2.05, 4.69) is 30.6 Å². The maximum atomic E-state index is 6.39. The summed E-state index contributed by atoms with van der Waals surface area (Å²) in [6, 6.07) is 0.961. The standard InChI is InChI=1S/C16H32N2O3Si/c1-14-11-18-12-15(2)20-22(19-14,21-16(3)13-18)10-6-9-17-7-4-5-8-17/h14-16H,4-13H2,1-3H3. The molecule has 22 heavy (non-hydrogen) atoms. The predicted octanol–water partition coefficient (Wildman–Crippen LogP) is 1.96. The Balaban J connectivity index is 1.64. The molecule has 0 radical (unpaired) electrons. The van der Waals surface area contributed by atoms with Crippen LogP contribution in [0, 0.1) is 0 Å². The Morgan fingerprint density at radius 1 is 0.864 bits per heavy atom. The largest absolute Gasteiger partial charge is 0.501 e. The van der Waals surface area contributed by atoms with Gasteiger partial charge >= 0.3 is 8.80 Å². The Labute approximate surface area is 136 Å². The van der Waals surface area contributed by atoms with Crippen molar-refractivity contribution in [2.24, 2.45) is 0 Å². The van der Waals surface area contributed by atoms with E-state index in [1.807, 2.05) is 0 Å². The molecule has 4 rings (SSSR count). The van der Waals surface area contributed by atoms with E-state index in [9.17, 15) is 0 Å². The van der Waals surface area contributed by atoms with Crippen molar-refractivity contribution in [1.82, 2.24) is 9.80 Å². The molecule has 0 saturated carbocycles. The lowest BCUT2D eigenvalue weighted by atomic mass is 10.2. The Morgan fingerprint density at radius 3 is 1.86 bits per heavy atom. The van der Waals surface area contributed by atoms with Crippen molar-refractivity contribution in [2.45, 2.75) is 64.4 Å². The summed E-state index contributed by atoms with van der Waals surface area (Å²) >= 11 is 0. The van der Waals surface area contributed by atoms with E-state index in [-0.39, 0.29) is 18.3 Å². The summed E-state index contributed by atoms with van der Waals surface area (Å²) in [5.41, 5.74) is 0. The van der Waals surface area contributed by atoms with Gasteiger partial charge in [0.05, 0.1) is 18.3 Å². The summed E-state index contributed by atoms with van der Waals surface area (Å²) in [7, 11) is -2.54. The molecule has 0 aromatic rings. The van der Waals surface area contributed by atoms with Crippen LogP contribution in [0.15, 0.2) is 0 Å². The van der Waals surface area contributed by atoms with Gasteiger partial charge in [0.25, 0.3) is 0 Å². The van der Waals surface area contributed by atoms with Gasteiger partial charge in [-0.05, 0) is 59.7 Å². The van der Waals surface area contributed by atoms with E-state index >= 15 is 0 Å². The number of hydrogen-bond donors (Lipinski definition) is 0. The third kappa shape index (κ3) is 4.30. The van der Waals surface area contributed by atoms with Crippen LogP contribution in [0.1, 0.15) is 40.0 Å². The fourth-order valence-electron chi connectivity index (χ4n) is 4.13. The summed E-state index contributed by atoms with van der Waals surface area (Å²) in [6.45, 7) is 13.2. The molecule has 4 aliphatic heterocycles. The Morgan fingerprint density at radius 2 is 1.36 bits per heavy atom. The highest BCUT2D eigenvalue weighted by Gasteiger charge is 2.48. The topological polar surface area (TPSA) is 34.2 Å².